The van der Waals surface area contributed by atoms with Crippen LogP contribution in [-0.4, -0.2) is 6.29 Å². The maximum Gasteiger partial charge on any atom is 0.151 e. The third kappa shape index (κ3) is 0.797. The fourth-order valence-electron chi connectivity index (χ4n) is 1.03. The average molecular weight is 197 g/mol. The van der Waals surface area contributed by atoms with Crippen LogP contribution in [0.5, 0.6) is 0 Å². The number of hydrogen-bond acceptors (Lipinski definition) is 1. The van der Waals surface area contributed by atoms with Gasteiger partial charge in [0, 0.05) is 10.0 Å². The van der Waals surface area contributed by atoms with Crippen LogP contribution < -0.4 is 0 Å². The molecule has 1 aromatic carbocycles. The summed E-state index contributed by atoms with van der Waals surface area (Å²) in [6, 6.07) is 3.95. The Hall–Kier alpha value is -0.630. The Balaban J connectivity index is 2.61. The fraction of sp³-hybridized carbons (Fsp3) is 0.125. The monoisotopic (exact) mass is 196 g/mol. The number of rotatable bonds is 1. The van der Waals surface area contributed by atoms with Crippen LogP contribution >= 0.6 is 15.9 Å². The SMILES string of the molecule is O=Cc1cc2c(cc1Br)C2. The Morgan fingerprint density at radius 2 is 2.10 bits per heavy atom. The summed E-state index contributed by atoms with van der Waals surface area (Å²) < 4.78 is 0.916. The van der Waals surface area contributed by atoms with Crippen molar-refractivity contribution in [1.29, 1.82) is 0 Å². The van der Waals surface area contributed by atoms with Crippen molar-refractivity contribution in [3.8, 4) is 0 Å². The van der Waals surface area contributed by atoms with Gasteiger partial charge in [0.15, 0.2) is 6.29 Å². The van der Waals surface area contributed by atoms with Crippen molar-refractivity contribution in [2.75, 3.05) is 0 Å². The molecule has 1 aromatic rings. The first kappa shape index (κ1) is 6.10. The summed E-state index contributed by atoms with van der Waals surface area (Å²) in [5, 5.41) is 0. The third-order valence-corrected chi connectivity index (χ3v) is 2.39. The van der Waals surface area contributed by atoms with Gasteiger partial charge in [-0.2, -0.15) is 0 Å². The number of carbonyl (C=O) groups is 1. The van der Waals surface area contributed by atoms with Crippen molar-refractivity contribution < 1.29 is 4.79 Å². The van der Waals surface area contributed by atoms with Gasteiger partial charge in [0.1, 0.15) is 0 Å². The maximum absolute atomic E-state index is 10.4. The highest BCUT2D eigenvalue weighted by atomic mass is 79.9. The summed E-state index contributed by atoms with van der Waals surface area (Å²) in [7, 11) is 0. The summed E-state index contributed by atoms with van der Waals surface area (Å²) in [5.41, 5.74) is 3.43. The first-order valence-electron chi connectivity index (χ1n) is 3.08. The highest BCUT2D eigenvalue weighted by Crippen LogP contribution is 2.32. The topological polar surface area (TPSA) is 17.1 Å². The molecule has 0 atom stereocenters. The predicted octanol–water partition coefficient (Wildman–Crippen LogP) is 2.17. The van der Waals surface area contributed by atoms with Crippen LogP contribution in [-0.2, 0) is 6.42 Å². The minimum atomic E-state index is 0.760. The molecule has 2 heteroatoms. The molecule has 0 aromatic heterocycles. The standard InChI is InChI=1S/C8H5BrO/c9-8-3-6-1-5(6)2-7(8)4-10/h2-4H,1H2. The second-order valence-corrected chi connectivity index (χ2v) is 3.29. The minimum Gasteiger partial charge on any atom is -0.298 e. The molecule has 0 bridgehead atoms. The molecule has 0 heterocycles. The van der Waals surface area contributed by atoms with Crippen LogP contribution in [0.15, 0.2) is 16.6 Å². The van der Waals surface area contributed by atoms with Gasteiger partial charge in [0.05, 0.1) is 0 Å². The van der Waals surface area contributed by atoms with E-state index in [1.54, 1.807) is 0 Å². The number of benzene rings is 1. The van der Waals surface area contributed by atoms with Crippen LogP contribution in [0.2, 0.25) is 0 Å². The van der Waals surface area contributed by atoms with Gasteiger partial charge in [-0.1, -0.05) is 15.9 Å². The fourth-order valence-corrected chi connectivity index (χ4v) is 1.52. The molecule has 0 saturated carbocycles. The van der Waals surface area contributed by atoms with Crippen LogP contribution in [0.4, 0.5) is 0 Å². The molecule has 0 unspecified atom stereocenters. The lowest BCUT2D eigenvalue weighted by Gasteiger charge is -1.90. The van der Waals surface area contributed by atoms with Gasteiger partial charge in [-0.15, -0.1) is 0 Å². The average Bonchev–Trinajstić information content (AvgIpc) is 2.64. The quantitative estimate of drug-likeness (QED) is 0.640. The Labute approximate surface area is 67.2 Å². The van der Waals surface area contributed by atoms with E-state index in [4.69, 9.17) is 0 Å². The predicted molar refractivity (Wildman–Crippen MR) is 42.3 cm³/mol. The van der Waals surface area contributed by atoms with E-state index in [9.17, 15) is 4.79 Å². The Morgan fingerprint density at radius 1 is 1.40 bits per heavy atom. The molecule has 10 heavy (non-hydrogen) atoms. The molecule has 1 aliphatic carbocycles. The number of aldehydes is 1. The second kappa shape index (κ2) is 1.92. The summed E-state index contributed by atoms with van der Waals surface area (Å²) >= 11 is 3.31. The lowest BCUT2D eigenvalue weighted by molar-refractivity contribution is 0.112. The van der Waals surface area contributed by atoms with Crippen molar-refractivity contribution in [3.05, 3.63) is 33.3 Å². The van der Waals surface area contributed by atoms with E-state index < -0.39 is 0 Å². The van der Waals surface area contributed by atoms with Gasteiger partial charge in [-0.3, -0.25) is 4.79 Å². The van der Waals surface area contributed by atoms with Crippen LogP contribution in [0.3, 0.4) is 0 Å². The lowest BCUT2D eigenvalue weighted by atomic mass is 10.2. The van der Waals surface area contributed by atoms with Gasteiger partial charge < -0.3 is 0 Å². The zero-order chi connectivity index (χ0) is 7.14. The van der Waals surface area contributed by atoms with Crippen molar-refractivity contribution in [2.45, 2.75) is 6.42 Å². The van der Waals surface area contributed by atoms with E-state index in [2.05, 4.69) is 15.9 Å². The summed E-state index contributed by atoms with van der Waals surface area (Å²) in [6.45, 7) is 0. The van der Waals surface area contributed by atoms with E-state index >= 15 is 0 Å². The molecule has 2 rings (SSSR count). The number of fused-ring (bicyclic) bond motifs is 1. The second-order valence-electron chi connectivity index (χ2n) is 2.44. The Kier molecular flexibility index (Phi) is 1.17. The zero-order valence-corrected chi connectivity index (χ0v) is 6.81. The number of halogens is 1. The van der Waals surface area contributed by atoms with E-state index in [1.807, 2.05) is 12.1 Å². The maximum atomic E-state index is 10.4. The van der Waals surface area contributed by atoms with Gasteiger partial charge in [-0.25, -0.2) is 0 Å². The summed E-state index contributed by atoms with van der Waals surface area (Å²) in [4.78, 5) is 10.4. The summed E-state index contributed by atoms with van der Waals surface area (Å²) in [6.07, 6.45) is 1.94. The molecule has 0 amide bonds. The van der Waals surface area contributed by atoms with Gasteiger partial charge >= 0.3 is 0 Å². The zero-order valence-electron chi connectivity index (χ0n) is 5.23. The molecule has 0 spiro atoms. The molecule has 1 nitrogen and oxygen atoms in total. The largest absolute Gasteiger partial charge is 0.298 e. The van der Waals surface area contributed by atoms with Crippen LogP contribution in [0.1, 0.15) is 21.5 Å². The summed E-state index contributed by atoms with van der Waals surface area (Å²) in [5.74, 6) is 0. The highest BCUT2D eigenvalue weighted by Gasteiger charge is 2.18. The molecule has 0 radical (unpaired) electrons. The molecule has 1 aliphatic rings. The molecule has 50 valence electrons. The van der Waals surface area contributed by atoms with E-state index in [-0.39, 0.29) is 0 Å². The number of hydrogen-bond donors (Lipinski definition) is 0. The van der Waals surface area contributed by atoms with Gasteiger partial charge in [-0.05, 0) is 29.7 Å². The highest BCUT2D eigenvalue weighted by molar-refractivity contribution is 9.10. The first-order chi connectivity index (χ1) is 4.81. The lowest BCUT2D eigenvalue weighted by Crippen LogP contribution is -1.78. The number of carbonyl (C=O) groups excluding carboxylic acids is 1. The van der Waals surface area contributed by atoms with Gasteiger partial charge in [0.25, 0.3) is 0 Å². The van der Waals surface area contributed by atoms with E-state index in [1.165, 1.54) is 11.1 Å². The smallest absolute Gasteiger partial charge is 0.151 e. The van der Waals surface area contributed by atoms with Crippen molar-refractivity contribution in [2.24, 2.45) is 0 Å². The third-order valence-electron chi connectivity index (χ3n) is 1.70. The Bertz CT molecular complexity index is 304. The van der Waals surface area contributed by atoms with Crippen molar-refractivity contribution in [1.82, 2.24) is 0 Å². The molecule has 0 N–H and O–H groups in total. The Morgan fingerprint density at radius 3 is 2.80 bits per heavy atom. The minimum absolute atomic E-state index is 0.760. The molecule has 0 aliphatic heterocycles. The van der Waals surface area contributed by atoms with Crippen LogP contribution in [0.25, 0.3) is 0 Å². The molecular formula is C8H5BrO. The molecule has 0 saturated heterocycles. The molecule has 0 fully saturated rings. The van der Waals surface area contributed by atoms with E-state index in [0.29, 0.717) is 0 Å². The van der Waals surface area contributed by atoms with Crippen molar-refractivity contribution >= 4 is 22.2 Å². The van der Waals surface area contributed by atoms with Crippen LogP contribution in [0, 0.1) is 0 Å². The van der Waals surface area contributed by atoms with E-state index in [0.717, 1.165) is 22.7 Å². The van der Waals surface area contributed by atoms with Crippen molar-refractivity contribution in [3.63, 3.8) is 0 Å². The molecular weight excluding hydrogens is 192 g/mol. The van der Waals surface area contributed by atoms with Gasteiger partial charge in [0.2, 0.25) is 0 Å². The normalized spacial score (nSPS) is 12.5. The first-order valence-corrected chi connectivity index (χ1v) is 3.87.